The lowest BCUT2D eigenvalue weighted by Crippen LogP contribution is -2.56. The van der Waals surface area contributed by atoms with E-state index in [0.717, 1.165) is 0 Å². The van der Waals surface area contributed by atoms with Gasteiger partial charge in [-0.15, -0.1) is 0 Å². The lowest BCUT2D eigenvalue weighted by Gasteiger charge is -2.52. The van der Waals surface area contributed by atoms with Crippen molar-refractivity contribution < 1.29 is 0 Å². The molecule has 1 saturated heterocycles. The molecular formula is C17H26BrN. The van der Waals surface area contributed by atoms with Crippen LogP contribution in [0.25, 0.3) is 0 Å². The highest BCUT2D eigenvalue weighted by Crippen LogP contribution is 2.42. The first kappa shape index (κ1) is 14.9. The maximum Gasteiger partial charge on any atom is 0.0372 e. The predicted molar refractivity (Wildman–Crippen MR) is 88.1 cm³/mol. The van der Waals surface area contributed by atoms with E-state index in [0.29, 0.717) is 5.41 Å². The van der Waals surface area contributed by atoms with E-state index in [4.69, 9.17) is 0 Å². The highest BCUT2D eigenvalue weighted by Gasteiger charge is 2.41. The number of hydrogen-bond donors (Lipinski definition) is 0. The third-order valence-corrected chi connectivity index (χ3v) is 5.65. The highest BCUT2D eigenvalue weighted by atomic mass is 79.9. The van der Waals surface area contributed by atoms with E-state index in [1.54, 1.807) is 0 Å². The van der Waals surface area contributed by atoms with Gasteiger partial charge in [-0.3, -0.25) is 0 Å². The largest absolute Gasteiger partial charge is 0.370 e. The van der Waals surface area contributed by atoms with E-state index in [1.165, 1.54) is 60.1 Å². The van der Waals surface area contributed by atoms with Gasteiger partial charge >= 0.3 is 0 Å². The average molecular weight is 324 g/mol. The smallest absolute Gasteiger partial charge is 0.0372 e. The standard InChI is InChI=1S/C17H26BrN/c1-5-7-17(8-6-2)11-19(12-17)15-9-13(3)16(18)14(4)10-15/h9-10H,5-8,11-12H2,1-4H3. The molecule has 1 nitrogen and oxygen atoms in total. The Bertz CT molecular complexity index is 416. The summed E-state index contributed by atoms with van der Waals surface area (Å²) in [5.41, 5.74) is 4.69. The third-order valence-electron chi connectivity index (χ3n) is 4.40. The van der Waals surface area contributed by atoms with Gasteiger partial charge < -0.3 is 4.90 Å². The SMILES string of the molecule is CCCC1(CCC)CN(c2cc(C)c(Br)c(C)c2)C1. The van der Waals surface area contributed by atoms with Gasteiger partial charge in [0.25, 0.3) is 0 Å². The van der Waals surface area contributed by atoms with Crippen LogP contribution in [0.5, 0.6) is 0 Å². The molecule has 0 aromatic heterocycles. The minimum atomic E-state index is 0.596. The van der Waals surface area contributed by atoms with Crippen LogP contribution < -0.4 is 4.90 Å². The van der Waals surface area contributed by atoms with Gasteiger partial charge in [-0.25, -0.2) is 0 Å². The zero-order valence-electron chi connectivity index (χ0n) is 12.7. The zero-order valence-corrected chi connectivity index (χ0v) is 14.3. The number of anilines is 1. The first-order valence-corrected chi connectivity index (χ1v) is 8.32. The molecule has 1 fully saturated rings. The number of hydrogen-bond acceptors (Lipinski definition) is 1. The lowest BCUT2D eigenvalue weighted by molar-refractivity contribution is 0.173. The molecule has 0 N–H and O–H groups in total. The highest BCUT2D eigenvalue weighted by molar-refractivity contribution is 9.10. The van der Waals surface area contributed by atoms with E-state index in [-0.39, 0.29) is 0 Å². The molecule has 1 aliphatic heterocycles. The van der Waals surface area contributed by atoms with Crippen molar-refractivity contribution in [3.63, 3.8) is 0 Å². The van der Waals surface area contributed by atoms with Gasteiger partial charge in [0.1, 0.15) is 0 Å². The fraction of sp³-hybridized carbons (Fsp3) is 0.647. The zero-order chi connectivity index (χ0) is 14.0. The van der Waals surface area contributed by atoms with E-state index < -0.39 is 0 Å². The fourth-order valence-corrected chi connectivity index (χ4v) is 3.78. The molecule has 0 spiro atoms. The van der Waals surface area contributed by atoms with Crippen LogP contribution in [0.1, 0.15) is 50.7 Å². The van der Waals surface area contributed by atoms with Gasteiger partial charge in [-0.05, 0) is 49.9 Å². The molecule has 0 aliphatic carbocycles. The summed E-state index contributed by atoms with van der Waals surface area (Å²) in [5, 5.41) is 0. The Labute approximate surface area is 126 Å². The van der Waals surface area contributed by atoms with Crippen LogP contribution in [-0.4, -0.2) is 13.1 Å². The van der Waals surface area contributed by atoms with E-state index >= 15 is 0 Å². The van der Waals surface area contributed by atoms with Gasteiger partial charge in [0.2, 0.25) is 0 Å². The van der Waals surface area contributed by atoms with Crippen molar-refractivity contribution in [3.8, 4) is 0 Å². The second kappa shape index (κ2) is 5.87. The van der Waals surface area contributed by atoms with Crippen molar-refractivity contribution in [1.82, 2.24) is 0 Å². The van der Waals surface area contributed by atoms with E-state index in [9.17, 15) is 0 Å². The average Bonchev–Trinajstić information content (AvgIpc) is 2.32. The minimum Gasteiger partial charge on any atom is -0.370 e. The molecule has 19 heavy (non-hydrogen) atoms. The van der Waals surface area contributed by atoms with Crippen molar-refractivity contribution in [3.05, 3.63) is 27.7 Å². The number of rotatable bonds is 5. The van der Waals surface area contributed by atoms with E-state index in [2.05, 4.69) is 60.7 Å². The topological polar surface area (TPSA) is 3.24 Å². The monoisotopic (exact) mass is 323 g/mol. The second-order valence-corrected chi connectivity index (χ2v) is 7.04. The van der Waals surface area contributed by atoms with Crippen LogP contribution in [0.15, 0.2) is 16.6 Å². The van der Waals surface area contributed by atoms with Crippen LogP contribution in [0.3, 0.4) is 0 Å². The molecule has 2 rings (SSSR count). The molecule has 1 heterocycles. The molecule has 1 aliphatic rings. The number of halogens is 1. The van der Waals surface area contributed by atoms with Gasteiger partial charge in [-0.2, -0.15) is 0 Å². The predicted octanol–water partition coefficient (Wildman–Crippen LogP) is 5.47. The quantitative estimate of drug-likeness (QED) is 0.694. The van der Waals surface area contributed by atoms with Crippen LogP contribution >= 0.6 is 15.9 Å². The molecule has 0 saturated carbocycles. The summed E-state index contributed by atoms with van der Waals surface area (Å²) in [5.74, 6) is 0. The second-order valence-electron chi connectivity index (χ2n) is 6.25. The van der Waals surface area contributed by atoms with Crippen LogP contribution in [0.2, 0.25) is 0 Å². The summed E-state index contributed by atoms with van der Waals surface area (Å²) in [6.07, 6.45) is 5.39. The van der Waals surface area contributed by atoms with Crippen LogP contribution in [0.4, 0.5) is 5.69 Å². The van der Waals surface area contributed by atoms with Gasteiger partial charge in [0, 0.05) is 28.7 Å². The summed E-state index contributed by atoms with van der Waals surface area (Å²) in [4.78, 5) is 2.55. The molecule has 0 radical (unpaired) electrons. The van der Waals surface area contributed by atoms with Crippen molar-refractivity contribution >= 4 is 21.6 Å². The Balaban J connectivity index is 2.11. The molecule has 0 bridgehead atoms. The first-order valence-electron chi connectivity index (χ1n) is 7.53. The minimum absolute atomic E-state index is 0.596. The van der Waals surface area contributed by atoms with Gasteiger partial charge in [0.05, 0.1) is 0 Å². The maximum absolute atomic E-state index is 3.66. The van der Waals surface area contributed by atoms with Crippen molar-refractivity contribution in [2.75, 3.05) is 18.0 Å². The van der Waals surface area contributed by atoms with Crippen molar-refractivity contribution in [2.24, 2.45) is 5.41 Å². The molecule has 1 aromatic rings. The number of aryl methyl sites for hydroxylation is 2. The number of nitrogens with zero attached hydrogens (tertiary/aromatic N) is 1. The summed E-state index contributed by atoms with van der Waals surface area (Å²) < 4.78 is 1.25. The molecular weight excluding hydrogens is 298 g/mol. The molecule has 2 heteroatoms. The Kier molecular flexibility index (Phi) is 4.60. The Morgan fingerprint density at radius 3 is 1.95 bits per heavy atom. The molecule has 1 aromatic carbocycles. The first-order chi connectivity index (χ1) is 9.01. The molecule has 0 unspecified atom stereocenters. The number of benzene rings is 1. The summed E-state index contributed by atoms with van der Waals surface area (Å²) in [6.45, 7) is 11.5. The van der Waals surface area contributed by atoms with Gasteiger partial charge in [-0.1, -0.05) is 42.6 Å². The molecule has 0 atom stereocenters. The molecule has 0 amide bonds. The van der Waals surface area contributed by atoms with Crippen molar-refractivity contribution in [2.45, 2.75) is 53.4 Å². The Hall–Kier alpha value is -0.500. The summed E-state index contributed by atoms with van der Waals surface area (Å²) in [7, 11) is 0. The maximum atomic E-state index is 3.66. The van der Waals surface area contributed by atoms with Gasteiger partial charge in [0.15, 0.2) is 0 Å². The Morgan fingerprint density at radius 1 is 1.05 bits per heavy atom. The summed E-state index contributed by atoms with van der Waals surface area (Å²) >= 11 is 3.66. The van der Waals surface area contributed by atoms with Crippen molar-refractivity contribution in [1.29, 1.82) is 0 Å². The third kappa shape index (κ3) is 2.99. The fourth-order valence-electron chi connectivity index (χ4n) is 3.55. The lowest BCUT2D eigenvalue weighted by atomic mass is 9.72. The van der Waals surface area contributed by atoms with Crippen LogP contribution in [-0.2, 0) is 0 Å². The van der Waals surface area contributed by atoms with Crippen LogP contribution in [0, 0.1) is 19.3 Å². The summed E-state index contributed by atoms with van der Waals surface area (Å²) in [6, 6.07) is 4.64. The molecule has 106 valence electrons. The normalized spacial score (nSPS) is 17.4. The van der Waals surface area contributed by atoms with E-state index in [1.807, 2.05) is 0 Å². The Morgan fingerprint density at radius 2 is 1.53 bits per heavy atom.